The minimum Gasteiger partial charge on any atom is -0.485 e. The Morgan fingerprint density at radius 2 is 1.74 bits per heavy atom. The van der Waals surface area contributed by atoms with Gasteiger partial charge in [-0.05, 0) is 18.2 Å². The zero-order valence-electron chi connectivity index (χ0n) is 9.87. The van der Waals surface area contributed by atoms with Gasteiger partial charge in [-0.25, -0.2) is 13.2 Å². The summed E-state index contributed by atoms with van der Waals surface area (Å²) in [6, 6.07) is 7.16. The highest BCUT2D eigenvalue weighted by molar-refractivity contribution is 5.34. The summed E-state index contributed by atoms with van der Waals surface area (Å²) >= 11 is 0. The molecule has 0 atom stereocenters. The zero-order valence-corrected chi connectivity index (χ0v) is 9.87. The summed E-state index contributed by atoms with van der Waals surface area (Å²) in [5.74, 6) is -2.23. The van der Waals surface area contributed by atoms with E-state index in [2.05, 4.69) is 0 Å². The summed E-state index contributed by atoms with van der Waals surface area (Å²) < 4.78 is 44.8. The molecule has 0 aliphatic heterocycles. The van der Waals surface area contributed by atoms with Crippen LogP contribution in [0.2, 0.25) is 0 Å². The van der Waals surface area contributed by atoms with Crippen molar-refractivity contribution in [3.8, 4) is 5.75 Å². The first-order valence-electron chi connectivity index (χ1n) is 5.57. The Hall–Kier alpha value is -2.01. The Morgan fingerprint density at radius 3 is 2.42 bits per heavy atom. The van der Waals surface area contributed by atoms with Gasteiger partial charge in [0.25, 0.3) is 0 Å². The first-order chi connectivity index (χ1) is 9.11. The van der Waals surface area contributed by atoms with Gasteiger partial charge < -0.3 is 9.84 Å². The third kappa shape index (κ3) is 3.06. The van der Waals surface area contributed by atoms with E-state index < -0.39 is 17.5 Å². The van der Waals surface area contributed by atoms with Gasteiger partial charge in [0.05, 0.1) is 6.61 Å². The van der Waals surface area contributed by atoms with Gasteiger partial charge in [-0.3, -0.25) is 0 Å². The van der Waals surface area contributed by atoms with Crippen LogP contribution in [0, 0.1) is 17.5 Å². The molecule has 0 bridgehead atoms. The molecule has 0 aromatic heterocycles. The lowest BCUT2D eigenvalue weighted by atomic mass is 10.2. The van der Waals surface area contributed by atoms with Gasteiger partial charge in [0.15, 0.2) is 11.6 Å². The highest BCUT2D eigenvalue weighted by atomic mass is 19.1. The molecule has 0 aliphatic carbocycles. The van der Waals surface area contributed by atoms with Crippen molar-refractivity contribution in [3.63, 3.8) is 0 Å². The topological polar surface area (TPSA) is 29.5 Å². The fourth-order valence-electron chi connectivity index (χ4n) is 1.63. The van der Waals surface area contributed by atoms with Crippen LogP contribution in [-0.4, -0.2) is 5.11 Å². The quantitative estimate of drug-likeness (QED) is 0.922. The van der Waals surface area contributed by atoms with Crippen LogP contribution in [0.5, 0.6) is 5.75 Å². The molecule has 2 rings (SSSR count). The van der Waals surface area contributed by atoms with Crippen LogP contribution >= 0.6 is 0 Å². The van der Waals surface area contributed by atoms with Gasteiger partial charge in [-0.1, -0.05) is 12.1 Å². The molecular weight excluding hydrogens is 257 g/mol. The third-order valence-corrected chi connectivity index (χ3v) is 2.61. The largest absolute Gasteiger partial charge is 0.485 e. The van der Waals surface area contributed by atoms with Gasteiger partial charge in [0, 0.05) is 17.2 Å². The number of aliphatic hydroxyl groups excluding tert-OH is 1. The molecule has 19 heavy (non-hydrogen) atoms. The monoisotopic (exact) mass is 268 g/mol. The van der Waals surface area contributed by atoms with E-state index in [1.54, 1.807) is 0 Å². The van der Waals surface area contributed by atoms with E-state index in [0.717, 1.165) is 12.1 Å². The number of hydrogen-bond acceptors (Lipinski definition) is 2. The molecule has 0 saturated carbocycles. The standard InChI is InChI=1S/C14H11F3O2/c15-11-5-4-10(13(17)6-11)8-19-14-9(7-18)2-1-3-12(14)16/h1-6,18H,7-8H2. The second-order valence-corrected chi connectivity index (χ2v) is 3.91. The van der Waals surface area contributed by atoms with Gasteiger partial charge in [-0.15, -0.1) is 0 Å². The summed E-state index contributed by atoms with van der Waals surface area (Å²) in [5, 5.41) is 9.06. The average molecular weight is 268 g/mol. The van der Waals surface area contributed by atoms with E-state index in [1.165, 1.54) is 24.3 Å². The molecule has 100 valence electrons. The normalized spacial score (nSPS) is 10.5. The third-order valence-electron chi connectivity index (χ3n) is 2.61. The maximum absolute atomic E-state index is 13.5. The first kappa shape index (κ1) is 13.4. The van der Waals surface area contributed by atoms with Crippen LogP contribution in [0.3, 0.4) is 0 Å². The number of halogens is 3. The van der Waals surface area contributed by atoms with Crippen molar-refractivity contribution in [2.24, 2.45) is 0 Å². The van der Waals surface area contributed by atoms with Crippen LogP contribution < -0.4 is 4.74 Å². The molecule has 0 unspecified atom stereocenters. The second-order valence-electron chi connectivity index (χ2n) is 3.91. The van der Waals surface area contributed by atoms with Crippen molar-refractivity contribution >= 4 is 0 Å². The molecule has 0 radical (unpaired) electrons. The number of aliphatic hydroxyl groups is 1. The number of para-hydroxylation sites is 1. The molecule has 0 spiro atoms. The molecule has 0 heterocycles. The van der Waals surface area contributed by atoms with Gasteiger partial charge >= 0.3 is 0 Å². The molecule has 5 heteroatoms. The summed E-state index contributed by atoms with van der Waals surface area (Å²) in [5.41, 5.74) is 0.371. The van der Waals surface area contributed by atoms with Crippen molar-refractivity contribution < 1.29 is 23.0 Å². The number of benzene rings is 2. The number of ether oxygens (including phenoxy) is 1. The Kier molecular flexibility index (Phi) is 4.06. The Balaban J connectivity index is 2.19. The highest BCUT2D eigenvalue weighted by Crippen LogP contribution is 2.24. The number of rotatable bonds is 4. The van der Waals surface area contributed by atoms with Crippen LogP contribution in [0.25, 0.3) is 0 Å². The lowest BCUT2D eigenvalue weighted by Gasteiger charge is -2.11. The molecule has 2 nitrogen and oxygen atoms in total. The summed E-state index contributed by atoms with van der Waals surface area (Å²) in [4.78, 5) is 0. The van der Waals surface area contributed by atoms with Crippen molar-refractivity contribution in [3.05, 3.63) is 65.0 Å². The predicted molar refractivity (Wildman–Crippen MR) is 63.0 cm³/mol. The maximum atomic E-state index is 13.5. The van der Waals surface area contributed by atoms with Gasteiger partial charge in [0.1, 0.15) is 18.2 Å². The Bertz CT molecular complexity index is 585. The Morgan fingerprint density at radius 1 is 0.947 bits per heavy atom. The molecular formula is C14H11F3O2. The minimum atomic E-state index is -0.762. The van der Waals surface area contributed by atoms with E-state index in [9.17, 15) is 13.2 Å². The molecule has 0 aliphatic rings. The molecule has 0 fully saturated rings. The van der Waals surface area contributed by atoms with Gasteiger partial charge in [-0.2, -0.15) is 0 Å². The van der Waals surface area contributed by atoms with E-state index in [0.29, 0.717) is 0 Å². The molecule has 0 saturated heterocycles. The van der Waals surface area contributed by atoms with Crippen molar-refractivity contribution in [1.82, 2.24) is 0 Å². The first-order valence-corrected chi connectivity index (χ1v) is 5.57. The SMILES string of the molecule is OCc1cccc(F)c1OCc1ccc(F)cc1F. The van der Waals surface area contributed by atoms with Crippen LogP contribution in [0.15, 0.2) is 36.4 Å². The smallest absolute Gasteiger partial charge is 0.165 e. The molecule has 2 aromatic rings. The highest BCUT2D eigenvalue weighted by Gasteiger charge is 2.11. The summed E-state index contributed by atoms with van der Waals surface area (Å²) in [6.45, 7) is -0.640. The fourth-order valence-corrected chi connectivity index (χ4v) is 1.63. The lowest BCUT2D eigenvalue weighted by molar-refractivity contribution is 0.249. The van der Waals surface area contributed by atoms with Crippen LogP contribution in [0.1, 0.15) is 11.1 Å². The molecule has 2 aromatic carbocycles. The van der Waals surface area contributed by atoms with Crippen molar-refractivity contribution in [2.45, 2.75) is 13.2 Å². The second kappa shape index (κ2) is 5.75. The summed E-state index contributed by atoms with van der Waals surface area (Å²) in [7, 11) is 0. The maximum Gasteiger partial charge on any atom is 0.165 e. The van der Waals surface area contributed by atoms with Gasteiger partial charge in [0.2, 0.25) is 0 Å². The fraction of sp³-hybridized carbons (Fsp3) is 0.143. The van der Waals surface area contributed by atoms with E-state index in [1.807, 2.05) is 0 Å². The van der Waals surface area contributed by atoms with E-state index in [-0.39, 0.29) is 30.1 Å². The van der Waals surface area contributed by atoms with E-state index in [4.69, 9.17) is 9.84 Å². The van der Waals surface area contributed by atoms with Crippen LogP contribution in [0.4, 0.5) is 13.2 Å². The van der Waals surface area contributed by atoms with Crippen molar-refractivity contribution in [2.75, 3.05) is 0 Å². The lowest BCUT2D eigenvalue weighted by Crippen LogP contribution is -2.03. The van der Waals surface area contributed by atoms with E-state index >= 15 is 0 Å². The van der Waals surface area contributed by atoms with Crippen molar-refractivity contribution in [1.29, 1.82) is 0 Å². The Labute approximate surface area is 108 Å². The summed E-state index contributed by atoms with van der Waals surface area (Å²) in [6.07, 6.45) is 0. The number of hydrogen-bond donors (Lipinski definition) is 1. The molecule has 0 amide bonds. The minimum absolute atomic E-state index is 0.105. The average Bonchev–Trinajstić information content (AvgIpc) is 2.39. The van der Waals surface area contributed by atoms with Crippen LogP contribution in [-0.2, 0) is 13.2 Å². The zero-order chi connectivity index (χ0) is 13.8. The molecule has 1 N–H and O–H groups in total. The predicted octanol–water partition coefficient (Wildman–Crippen LogP) is 3.18.